The fourth-order valence-electron chi connectivity index (χ4n) is 4.98. The van der Waals surface area contributed by atoms with Gasteiger partial charge in [0, 0.05) is 5.56 Å². The van der Waals surface area contributed by atoms with E-state index in [0.717, 1.165) is 22.5 Å². The lowest BCUT2D eigenvalue weighted by Crippen LogP contribution is -2.29. The number of methoxy groups -OCH3 is 3. The summed E-state index contributed by atoms with van der Waals surface area (Å²) >= 11 is 0.919. The Balaban J connectivity index is 1.61. The van der Waals surface area contributed by atoms with Crippen LogP contribution in [0.3, 0.4) is 0 Å². The highest BCUT2D eigenvalue weighted by Crippen LogP contribution is 2.45. The largest absolute Gasteiger partial charge is 0.507 e. The van der Waals surface area contributed by atoms with Crippen LogP contribution in [-0.4, -0.2) is 49.1 Å². The number of aliphatic hydroxyl groups excluding tert-OH is 1. The number of hydrogen-bond acceptors (Lipinski definition) is 10. The molecule has 1 N–H and O–H groups in total. The number of esters is 1. The summed E-state index contributed by atoms with van der Waals surface area (Å²) in [5.74, 6) is -1.39. The molecule has 0 radical (unpaired) electrons. The van der Waals surface area contributed by atoms with Crippen LogP contribution < -0.4 is 19.1 Å². The molecule has 1 aliphatic rings. The normalized spacial score (nSPS) is 15.8. The van der Waals surface area contributed by atoms with Crippen molar-refractivity contribution in [2.75, 3.05) is 26.2 Å². The topological polar surface area (TPSA) is 124 Å². The number of nitrogens with zero attached hydrogens (tertiary/aromatic N) is 2. The van der Waals surface area contributed by atoms with E-state index < -0.39 is 23.7 Å². The van der Waals surface area contributed by atoms with Crippen molar-refractivity contribution in [1.82, 2.24) is 4.98 Å². The number of amides is 1. The second-order valence-corrected chi connectivity index (χ2v) is 10.9. The third kappa shape index (κ3) is 5.61. The molecule has 1 aromatic heterocycles. The van der Waals surface area contributed by atoms with Gasteiger partial charge in [0.1, 0.15) is 23.0 Å². The van der Waals surface area contributed by atoms with E-state index in [0.29, 0.717) is 40.7 Å². The third-order valence-electron chi connectivity index (χ3n) is 7.22. The zero-order valence-corrected chi connectivity index (χ0v) is 25.6. The Bertz CT molecular complexity index is 1780. The molecule has 1 amide bonds. The lowest BCUT2D eigenvalue weighted by atomic mass is 9.94. The quantitative estimate of drug-likeness (QED) is 0.108. The highest BCUT2D eigenvalue weighted by molar-refractivity contribution is 7.17. The minimum atomic E-state index is -1.10. The second-order valence-electron chi connectivity index (χ2n) is 9.94. The highest BCUT2D eigenvalue weighted by Gasteiger charge is 2.48. The van der Waals surface area contributed by atoms with Crippen LogP contribution in [0.5, 0.6) is 17.2 Å². The van der Waals surface area contributed by atoms with Gasteiger partial charge in [-0.25, -0.2) is 9.78 Å². The van der Waals surface area contributed by atoms with Crippen molar-refractivity contribution in [2.24, 2.45) is 0 Å². The molecule has 1 aliphatic heterocycles. The van der Waals surface area contributed by atoms with Crippen LogP contribution in [-0.2, 0) is 20.9 Å². The molecule has 4 aromatic rings. The fraction of sp³-hybridized carbons (Fsp3) is 0.212. The van der Waals surface area contributed by atoms with Gasteiger partial charge in [0.2, 0.25) is 0 Å². The average molecular weight is 615 g/mol. The molecule has 0 bridgehead atoms. The van der Waals surface area contributed by atoms with Crippen LogP contribution in [0, 0.1) is 13.8 Å². The number of hydrogen-bond donors (Lipinski definition) is 1. The summed E-state index contributed by atoms with van der Waals surface area (Å²) < 4.78 is 21.7. The van der Waals surface area contributed by atoms with Crippen molar-refractivity contribution >= 4 is 39.9 Å². The van der Waals surface area contributed by atoms with E-state index in [1.54, 1.807) is 43.3 Å². The van der Waals surface area contributed by atoms with Crippen molar-refractivity contribution in [2.45, 2.75) is 26.5 Å². The molecule has 1 fully saturated rings. The molecule has 0 aliphatic carbocycles. The summed E-state index contributed by atoms with van der Waals surface area (Å²) in [5, 5.41) is 11.7. The Hall–Kier alpha value is -5.16. The molecule has 10 nitrogen and oxygen atoms in total. The van der Waals surface area contributed by atoms with Crippen LogP contribution in [0.4, 0.5) is 5.13 Å². The molecule has 0 unspecified atom stereocenters. The van der Waals surface area contributed by atoms with Crippen LogP contribution in [0.25, 0.3) is 5.76 Å². The average Bonchev–Trinajstić information content (AvgIpc) is 3.55. The number of thiazole rings is 1. The van der Waals surface area contributed by atoms with Gasteiger partial charge in [0.15, 0.2) is 16.6 Å². The van der Waals surface area contributed by atoms with E-state index >= 15 is 0 Å². The Kier molecular flexibility index (Phi) is 8.68. The molecule has 226 valence electrons. The number of aliphatic hydroxyl groups is 1. The van der Waals surface area contributed by atoms with Gasteiger partial charge in [-0.3, -0.25) is 14.5 Å². The van der Waals surface area contributed by atoms with Crippen molar-refractivity contribution < 1.29 is 38.4 Å². The molecule has 0 spiro atoms. The minimum absolute atomic E-state index is 0.102. The van der Waals surface area contributed by atoms with E-state index in [-0.39, 0.29) is 21.3 Å². The zero-order chi connectivity index (χ0) is 31.5. The molecule has 0 saturated carbocycles. The molecule has 1 atom stereocenters. The predicted octanol–water partition coefficient (Wildman–Crippen LogP) is 5.77. The zero-order valence-electron chi connectivity index (χ0n) is 24.7. The predicted molar refractivity (Wildman–Crippen MR) is 164 cm³/mol. The maximum Gasteiger partial charge on any atom is 0.350 e. The minimum Gasteiger partial charge on any atom is -0.507 e. The number of carbonyl (C=O) groups excluding carboxylic acids is 3. The lowest BCUT2D eigenvalue weighted by molar-refractivity contribution is -0.132. The maximum atomic E-state index is 13.7. The molecule has 11 heteroatoms. The van der Waals surface area contributed by atoms with Crippen molar-refractivity contribution in [3.63, 3.8) is 0 Å². The SMILES string of the molecule is COC(=O)c1sc(N2C(=O)C(=O)/C(=C(/O)c3ccc(OCc4ccccc4)c(C)c3)[C@@H]2c2ccc(OC)c(OC)c2)nc1C. The number of aryl methyl sites for hydroxylation is 2. The molecule has 1 saturated heterocycles. The van der Waals surface area contributed by atoms with Crippen molar-refractivity contribution in [3.8, 4) is 17.2 Å². The molecule has 2 heterocycles. The first-order valence-electron chi connectivity index (χ1n) is 13.5. The second kappa shape index (κ2) is 12.6. The number of benzene rings is 3. The van der Waals surface area contributed by atoms with Crippen LogP contribution in [0.1, 0.15) is 43.7 Å². The molecule has 3 aromatic carbocycles. The van der Waals surface area contributed by atoms with Crippen molar-refractivity contribution in [3.05, 3.63) is 105 Å². The standard InChI is InChI=1S/C33H30N2O8S/c1-18-15-22(12-13-23(18)43-17-20-9-7-6-8-10-20)28(36)26-27(21-11-14-24(40-3)25(16-21)41-4)35(31(38)29(26)37)33-34-19(2)30(44-33)32(39)42-5/h6-16,27,36H,17H2,1-5H3/b28-26+/t27-/m0/s1. The Morgan fingerprint density at radius 2 is 1.64 bits per heavy atom. The monoisotopic (exact) mass is 614 g/mol. The van der Waals surface area contributed by atoms with Gasteiger partial charge in [-0.05, 0) is 60.9 Å². The van der Waals surface area contributed by atoms with Crippen molar-refractivity contribution in [1.29, 1.82) is 0 Å². The maximum absolute atomic E-state index is 13.7. The summed E-state index contributed by atoms with van der Waals surface area (Å²) in [6.07, 6.45) is 0. The summed E-state index contributed by atoms with van der Waals surface area (Å²) in [7, 11) is 4.21. The first kappa shape index (κ1) is 30.3. The third-order valence-corrected chi connectivity index (χ3v) is 8.35. The number of rotatable bonds is 9. The first-order valence-corrected chi connectivity index (χ1v) is 14.4. The Morgan fingerprint density at radius 1 is 0.932 bits per heavy atom. The first-order chi connectivity index (χ1) is 21.2. The summed E-state index contributed by atoms with van der Waals surface area (Å²) in [6.45, 7) is 3.80. The molecule has 5 rings (SSSR count). The summed E-state index contributed by atoms with van der Waals surface area (Å²) in [4.78, 5) is 45.4. The van der Waals surface area contributed by atoms with Gasteiger partial charge in [0.25, 0.3) is 5.78 Å². The van der Waals surface area contributed by atoms with E-state index in [1.165, 1.54) is 26.2 Å². The highest BCUT2D eigenvalue weighted by atomic mass is 32.1. The van der Waals surface area contributed by atoms with E-state index in [1.807, 2.05) is 37.3 Å². The number of ketones is 1. The van der Waals surface area contributed by atoms with E-state index in [4.69, 9.17) is 18.9 Å². The van der Waals surface area contributed by atoms with Gasteiger partial charge in [-0.1, -0.05) is 47.7 Å². The number of carbonyl (C=O) groups is 3. The Labute approximate surface area is 258 Å². The fourth-order valence-corrected chi connectivity index (χ4v) is 6.00. The number of anilines is 1. The smallest absolute Gasteiger partial charge is 0.350 e. The molecule has 44 heavy (non-hydrogen) atoms. The van der Waals surface area contributed by atoms with Crippen LogP contribution in [0.2, 0.25) is 0 Å². The summed E-state index contributed by atoms with van der Waals surface area (Å²) in [5.41, 5.74) is 2.69. The van der Waals surface area contributed by atoms with Gasteiger partial charge in [0.05, 0.1) is 38.6 Å². The van der Waals surface area contributed by atoms with Gasteiger partial charge < -0.3 is 24.1 Å². The van der Waals surface area contributed by atoms with E-state index in [9.17, 15) is 19.5 Å². The number of ether oxygens (including phenoxy) is 4. The van der Waals surface area contributed by atoms with Gasteiger partial charge >= 0.3 is 11.9 Å². The molecular weight excluding hydrogens is 584 g/mol. The lowest BCUT2D eigenvalue weighted by Gasteiger charge is -2.24. The molecular formula is C33H30N2O8S. The summed E-state index contributed by atoms with van der Waals surface area (Å²) in [6, 6.07) is 18.6. The van der Waals surface area contributed by atoms with E-state index in [2.05, 4.69) is 4.98 Å². The number of Topliss-reactive ketones (excluding diaryl/α,β-unsaturated/α-hetero) is 1. The van der Waals surface area contributed by atoms with Gasteiger partial charge in [-0.2, -0.15) is 0 Å². The van der Waals surface area contributed by atoms with Gasteiger partial charge in [-0.15, -0.1) is 0 Å². The van der Waals surface area contributed by atoms with Crippen LogP contribution in [0.15, 0.2) is 72.3 Å². The number of aromatic nitrogens is 1. The Morgan fingerprint density at radius 3 is 2.30 bits per heavy atom. The van der Waals surface area contributed by atoms with Crippen LogP contribution >= 0.6 is 11.3 Å².